The molecule has 0 radical (unpaired) electrons. The third kappa shape index (κ3) is 8.65. The van der Waals surface area contributed by atoms with Gasteiger partial charge in [-0.25, -0.2) is 0 Å². The molecule has 0 spiro atoms. The highest BCUT2D eigenvalue weighted by Gasteiger charge is 2.23. The van der Waals surface area contributed by atoms with E-state index in [1.165, 1.54) is 23.1 Å². The minimum atomic E-state index is -0.622. The minimum absolute atomic E-state index is 0.0977. The lowest BCUT2D eigenvalue weighted by molar-refractivity contribution is -0.116. The molecule has 46 heavy (non-hydrogen) atoms. The molecule has 4 aromatic carbocycles. The normalized spacial score (nSPS) is 11.7. The van der Waals surface area contributed by atoms with Crippen molar-refractivity contribution in [1.82, 2.24) is 5.32 Å². The van der Waals surface area contributed by atoms with Crippen LogP contribution in [-0.2, 0) is 9.59 Å². The second-order valence-electron chi connectivity index (χ2n) is 9.92. The topological polar surface area (TPSA) is 106 Å². The van der Waals surface area contributed by atoms with Crippen molar-refractivity contribution < 1.29 is 23.9 Å². The minimum Gasteiger partial charge on any atom is -0.497 e. The summed E-state index contributed by atoms with van der Waals surface area (Å²) in [7, 11) is 3.10. The molecule has 1 unspecified atom stereocenters. The van der Waals surface area contributed by atoms with Crippen LogP contribution in [0.15, 0.2) is 131 Å². The van der Waals surface area contributed by atoms with Gasteiger partial charge in [0.1, 0.15) is 22.4 Å². The van der Waals surface area contributed by atoms with E-state index >= 15 is 0 Å². The summed E-state index contributed by atoms with van der Waals surface area (Å²) < 4.78 is 10.7. The van der Waals surface area contributed by atoms with Crippen molar-refractivity contribution in [3.8, 4) is 11.5 Å². The van der Waals surface area contributed by atoms with Gasteiger partial charge in [-0.05, 0) is 64.4 Å². The van der Waals surface area contributed by atoms with E-state index in [9.17, 15) is 14.4 Å². The fourth-order valence-corrected chi connectivity index (χ4v) is 6.14. The number of hydrogen-bond donors (Lipinski definition) is 3. The number of carbonyl (C=O) groups is 3. The van der Waals surface area contributed by atoms with E-state index in [1.807, 2.05) is 59.3 Å². The third-order valence-corrected chi connectivity index (χ3v) is 8.64. The maximum Gasteiger partial charge on any atom is 0.272 e. The monoisotopic (exact) mass is 649 g/mol. The van der Waals surface area contributed by atoms with Crippen LogP contribution in [0.3, 0.4) is 0 Å². The highest BCUT2D eigenvalue weighted by molar-refractivity contribution is 8.00. The number of rotatable bonds is 12. The molecule has 0 aliphatic rings. The Kier molecular flexibility index (Phi) is 10.9. The number of amides is 3. The zero-order valence-electron chi connectivity index (χ0n) is 25.1. The summed E-state index contributed by atoms with van der Waals surface area (Å²) in [5.74, 6) is -0.0248. The predicted molar refractivity (Wildman–Crippen MR) is 184 cm³/mol. The molecule has 5 aromatic rings. The van der Waals surface area contributed by atoms with E-state index in [2.05, 4.69) is 16.0 Å². The lowest BCUT2D eigenvalue weighted by atomic mass is 10.1. The molecule has 10 heteroatoms. The highest BCUT2D eigenvalue weighted by atomic mass is 32.2. The fourth-order valence-electron chi connectivity index (χ4n) is 4.44. The molecule has 0 fully saturated rings. The third-order valence-electron chi connectivity index (χ3n) is 6.69. The van der Waals surface area contributed by atoms with Crippen LogP contribution in [0, 0.1) is 0 Å². The first-order valence-corrected chi connectivity index (χ1v) is 16.0. The summed E-state index contributed by atoms with van der Waals surface area (Å²) >= 11 is 2.83. The number of ether oxygens (including phenoxy) is 2. The fraction of sp³-hybridized carbons (Fsp3) is 0.0833. The Balaban J connectivity index is 1.36. The molecule has 232 valence electrons. The van der Waals surface area contributed by atoms with Crippen molar-refractivity contribution in [3.63, 3.8) is 0 Å². The molecule has 3 N–H and O–H groups in total. The molecule has 5 rings (SSSR count). The Morgan fingerprint density at radius 2 is 1.46 bits per heavy atom. The van der Waals surface area contributed by atoms with Crippen molar-refractivity contribution in [3.05, 3.63) is 142 Å². The molecule has 0 saturated heterocycles. The van der Waals surface area contributed by atoms with Gasteiger partial charge in [-0.1, -0.05) is 54.6 Å². The molecule has 0 bridgehead atoms. The molecular weight excluding hydrogens is 619 g/mol. The van der Waals surface area contributed by atoms with Crippen LogP contribution in [0.5, 0.6) is 11.5 Å². The first-order valence-electron chi connectivity index (χ1n) is 14.2. The van der Waals surface area contributed by atoms with E-state index in [0.717, 1.165) is 16.0 Å². The Labute approximate surface area is 275 Å². The summed E-state index contributed by atoms with van der Waals surface area (Å²) in [6.45, 7) is 0. The maximum absolute atomic E-state index is 13.7. The highest BCUT2D eigenvalue weighted by Crippen LogP contribution is 2.38. The standard InChI is InChI=1S/C36H31N3O5S2/c1-43-29-19-28(20-30(22-29)44-2)38-36(42)33(25-10-5-3-6-11-25)46-31-15-9-14-27(21-31)37-35(41)32(18-24-16-17-45-23-24)39-34(40)26-12-7-4-8-13-26/h3-23,33H,1-2H3,(H,37,41)(H,38,42)(H,39,40)/b32-18-. The van der Waals surface area contributed by atoms with Gasteiger partial charge < -0.3 is 25.4 Å². The molecule has 1 heterocycles. The molecule has 0 aliphatic heterocycles. The summed E-state index contributed by atoms with van der Waals surface area (Å²) in [6.07, 6.45) is 1.63. The van der Waals surface area contributed by atoms with E-state index < -0.39 is 17.1 Å². The van der Waals surface area contributed by atoms with Crippen LogP contribution in [0.4, 0.5) is 11.4 Å². The van der Waals surface area contributed by atoms with Gasteiger partial charge in [0.15, 0.2) is 0 Å². The average molecular weight is 650 g/mol. The SMILES string of the molecule is COc1cc(NC(=O)C(Sc2cccc(NC(=O)/C(=C/c3ccsc3)NC(=O)c3ccccc3)c2)c2ccccc2)cc(OC)c1. The predicted octanol–water partition coefficient (Wildman–Crippen LogP) is 7.65. The molecule has 1 aromatic heterocycles. The smallest absolute Gasteiger partial charge is 0.272 e. The summed E-state index contributed by atoms with van der Waals surface area (Å²) in [4.78, 5) is 40.9. The maximum atomic E-state index is 13.7. The van der Waals surface area contributed by atoms with Crippen LogP contribution >= 0.6 is 23.1 Å². The van der Waals surface area contributed by atoms with Crippen molar-refractivity contribution in [1.29, 1.82) is 0 Å². The first-order chi connectivity index (χ1) is 22.4. The number of nitrogens with one attached hydrogen (secondary N) is 3. The molecule has 8 nitrogen and oxygen atoms in total. The van der Waals surface area contributed by atoms with Crippen LogP contribution in [0.2, 0.25) is 0 Å². The van der Waals surface area contributed by atoms with Crippen LogP contribution in [0.1, 0.15) is 26.7 Å². The zero-order chi connectivity index (χ0) is 32.3. The van der Waals surface area contributed by atoms with Gasteiger partial charge in [-0.3, -0.25) is 14.4 Å². The van der Waals surface area contributed by atoms with Crippen molar-refractivity contribution in [2.75, 3.05) is 24.9 Å². The molecule has 0 saturated carbocycles. The van der Waals surface area contributed by atoms with Crippen LogP contribution < -0.4 is 25.4 Å². The van der Waals surface area contributed by atoms with Gasteiger partial charge in [0.2, 0.25) is 5.91 Å². The van der Waals surface area contributed by atoms with Crippen LogP contribution in [0.25, 0.3) is 6.08 Å². The van der Waals surface area contributed by atoms with Crippen molar-refractivity contribution in [2.45, 2.75) is 10.1 Å². The molecule has 0 aliphatic carbocycles. The summed E-state index contributed by atoms with van der Waals surface area (Å²) in [6, 6.07) is 32.4. The summed E-state index contributed by atoms with van der Waals surface area (Å²) in [5.41, 5.74) is 3.16. The second kappa shape index (κ2) is 15.6. The first kappa shape index (κ1) is 32.1. The Morgan fingerprint density at radius 3 is 2.11 bits per heavy atom. The Morgan fingerprint density at radius 1 is 0.761 bits per heavy atom. The number of hydrogen-bond acceptors (Lipinski definition) is 7. The molecule has 1 atom stereocenters. The van der Waals surface area contributed by atoms with Gasteiger partial charge in [-0.2, -0.15) is 11.3 Å². The van der Waals surface area contributed by atoms with Gasteiger partial charge in [0.05, 0.1) is 14.2 Å². The molecule has 3 amide bonds. The Hall–Kier alpha value is -5.32. The second-order valence-corrected chi connectivity index (χ2v) is 11.9. The summed E-state index contributed by atoms with van der Waals surface area (Å²) in [5, 5.41) is 11.8. The van der Waals surface area contributed by atoms with E-state index in [0.29, 0.717) is 28.4 Å². The average Bonchev–Trinajstić information content (AvgIpc) is 3.61. The number of benzene rings is 4. The number of anilines is 2. The van der Waals surface area contributed by atoms with Crippen LogP contribution in [-0.4, -0.2) is 31.9 Å². The van der Waals surface area contributed by atoms with Crippen molar-refractivity contribution >= 4 is 58.3 Å². The van der Waals surface area contributed by atoms with E-state index in [-0.39, 0.29) is 11.6 Å². The van der Waals surface area contributed by atoms with E-state index in [1.54, 1.807) is 81.0 Å². The number of carbonyl (C=O) groups excluding carboxylic acids is 3. The van der Waals surface area contributed by atoms with Crippen molar-refractivity contribution in [2.24, 2.45) is 0 Å². The van der Waals surface area contributed by atoms with Gasteiger partial charge >= 0.3 is 0 Å². The van der Waals surface area contributed by atoms with Gasteiger partial charge in [0.25, 0.3) is 11.8 Å². The largest absolute Gasteiger partial charge is 0.497 e. The Bertz CT molecular complexity index is 1810. The number of methoxy groups -OCH3 is 2. The lowest BCUT2D eigenvalue weighted by Gasteiger charge is -2.18. The lowest BCUT2D eigenvalue weighted by Crippen LogP contribution is -2.30. The number of thioether (sulfide) groups is 1. The quantitative estimate of drug-likeness (QED) is 0.0948. The van der Waals surface area contributed by atoms with E-state index in [4.69, 9.17) is 9.47 Å². The molecular formula is C36H31N3O5S2. The van der Waals surface area contributed by atoms with Gasteiger partial charge in [-0.15, -0.1) is 11.8 Å². The van der Waals surface area contributed by atoms with Gasteiger partial charge in [0, 0.05) is 40.0 Å². The number of thiophene rings is 1. The zero-order valence-corrected chi connectivity index (χ0v) is 26.7.